The molecule has 0 bridgehead atoms. The largest absolute Gasteiger partial charge is 0.493 e. The minimum Gasteiger partial charge on any atom is -0.493 e. The maximum atomic E-state index is 12.9. The number of benzene rings is 2. The van der Waals surface area contributed by atoms with Crippen LogP contribution in [0, 0.1) is 0 Å². The number of ether oxygens (including phenoxy) is 2. The molecule has 0 saturated carbocycles. The van der Waals surface area contributed by atoms with Gasteiger partial charge in [0.05, 0.1) is 20.3 Å². The first-order valence-corrected chi connectivity index (χ1v) is 9.75. The molecular formula is C22H25N3O4. The van der Waals surface area contributed by atoms with Gasteiger partial charge < -0.3 is 19.7 Å². The van der Waals surface area contributed by atoms with E-state index in [0.29, 0.717) is 49.7 Å². The predicted molar refractivity (Wildman–Crippen MR) is 110 cm³/mol. The highest BCUT2D eigenvalue weighted by Crippen LogP contribution is 2.29. The van der Waals surface area contributed by atoms with Gasteiger partial charge in [0.15, 0.2) is 11.5 Å². The van der Waals surface area contributed by atoms with E-state index in [0.717, 1.165) is 11.3 Å². The lowest BCUT2D eigenvalue weighted by Crippen LogP contribution is -2.56. The number of methoxy groups -OCH3 is 2. The molecule has 2 aromatic rings. The van der Waals surface area contributed by atoms with Gasteiger partial charge in [0, 0.05) is 37.4 Å². The third-order valence-corrected chi connectivity index (χ3v) is 5.66. The number of carbonyl (C=O) groups is 2. The molecule has 1 N–H and O–H groups in total. The molecule has 4 rings (SSSR count). The van der Waals surface area contributed by atoms with Gasteiger partial charge in [0.2, 0.25) is 5.91 Å². The van der Waals surface area contributed by atoms with Gasteiger partial charge in [-0.25, -0.2) is 0 Å². The number of rotatable bonds is 4. The second-order valence-electron chi connectivity index (χ2n) is 7.26. The Bertz CT molecular complexity index is 922. The predicted octanol–water partition coefficient (Wildman–Crippen LogP) is 2.02. The first-order valence-electron chi connectivity index (χ1n) is 9.75. The number of amides is 2. The van der Waals surface area contributed by atoms with E-state index in [2.05, 4.69) is 16.3 Å². The molecule has 2 heterocycles. The van der Waals surface area contributed by atoms with E-state index in [4.69, 9.17) is 9.47 Å². The quantitative estimate of drug-likeness (QED) is 0.858. The minimum absolute atomic E-state index is 0.0309. The molecule has 1 atom stereocenters. The van der Waals surface area contributed by atoms with Crippen LogP contribution < -0.4 is 14.8 Å². The molecule has 0 radical (unpaired) electrons. The normalized spacial score (nSPS) is 19.3. The van der Waals surface area contributed by atoms with Gasteiger partial charge in [-0.3, -0.25) is 14.5 Å². The summed E-state index contributed by atoms with van der Waals surface area (Å²) in [6, 6.07) is 12.9. The van der Waals surface area contributed by atoms with Gasteiger partial charge in [-0.15, -0.1) is 0 Å². The number of para-hydroxylation sites is 1. The Morgan fingerprint density at radius 3 is 2.45 bits per heavy atom. The minimum atomic E-state index is -0.191. The summed E-state index contributed by atoms with van der Waals surface area (Å²) < 4.78 is 10.5. The lowest BCUT2D eigenvalue weighted by molar-refractivity contribution is -0.122. The smallest absolute Gasteiger partial charge is 0.254 e. The molecule has 29 heavy (non-hydrogen) atoms. The SMILES string of the molecule is COc1ccc(C(=O)N2CCN(C3Cc4ccccc4NC3=O)CC2)cc1OC. The van der Waals surface area contributed by atoms with Crippen molar-refractivity contribution in [1.29, 1.82) is 0 Å². The van der Waals surface area contributed by atoms with Crippen LogP contribution in [0.4, 0.5) is 5.69 Å². The highest BCUT2D eigenvalue weighted by molar-refractivity contribution is 5.98. The van der Waals surface area contributed by atoms with Crippen LogP contribution in [-0.2, 0) is 11.2 Å². The summed E-state index contributed by atoms with van der Waals surface area (Å²) in [5.41, 5.74) is 2.62. The molecule has 0 aromatic heterocycles. The van der Waals surface area contributed by atoms with Gasteiger partial charge in [0.25, 0.3) is 5.91 Å². The van der Waals surface area contributed by atoms with E-state index in [-0.39, 0.29) is 17.9 Å². The number of carbonyl (C=O) groups excluding carboxylic acids is 2. The molecule has 7 heteroatoms. The molecule has 1 unspecified atom stereocenters. The molecule has 2 aliphatic rings. The number of piperazine rings is 1. The van der Waals surface area contributed by atoms with Crippen molar-refractivity contribution in [1.82, 2.24) is 9.80 Å². The Hall–Kier alpha value is -3.06. The van der Waals surface area contributed by atoms with Crippen LogP contribution >= 0.6 is 0 Å². The van der Waals surface area contributed by atoms with Crippen molar-refractivity contribution in [3.8, 4) is 11.5 Å². The summed E-state index contributed by atoms with van der Waals surface area (Å²) in [5.74, 6) is 1.12. The molecule has 152 valence electrons. The Labute approximate surface area is 170 Å². The molecule has 2 amide bonds. The topological polar surface area (TPSA) is 71.1 Å². The number of hydrogen-bond donors (Lipinski definition) is 1. The zero-order valence-electron chi connectivity index (χ0n) is 16.7. The van der Waals surface area contributed by atoms with Gasteiger partial charge in [0.1, 0.15) is 0 Å². The molecule has 0 spiro atoms. The van der Waals surface area contributed by atoms with E-state index < -0.39 is 0 Å². The third-order valence-electron chi connectivity index (χ3n) is 5.66. The van der Waals surface area contributed by atoms with Crippen molar-refractivity contribution in [3.05, 3.63) is 53.6 Å². The van der Waals surface area contributed by atoms with E-state index in [1.165, 1.54) is 0 Å². The first-order chi connectivity index (χ1) is 14.1. The van der Waals surface area contributed by atoms with Gasteiger partial charge in [-0.05, 0) is 36.2 Å². The second-order valence-corrected chi connectivity index (χ2v) is 7.26. The van der Waals surface area contributed by atoms with E-state index in [9.17, 15) is 9.59 Å². The van der Waals surface area contributed by atoms with E-state index >= 15 is 0 Å². The van der Waals surface area contributed by atoms with Gasteiger partial charge in [-0.2, -0.15) is 0 Å². The van der Waals surface area contributed by atoms with Crippen LogP contribution in [0.1, 0.15) is 15.9 Å². The fourth-order valence-corrected chi connectivity index (χ4v) is 4.02. The Kier molecular flexibility index (Phi) is 5.40. The average molecular weight is 395 g/mol. The van der Waals surface area contributed by atoms with Gasteiger partial charge >= 0.3 is 0 Å². The third kappa shape index (κ3) is 3.78. The Balaban J connectivity index is 1.41. The molecular weight excluding hydrogens is 370 g/mol. The Morgan fingerprint density at radius 1 is 1.00 bits per heavy atom. The van der Waals surface area contributed by atoms with Crippen LogP contribution in [0.2, 0.25) is 0 Å². The van der Waals surface area contributed by atoms with Crippen molar-refractivity contribution >= 4 is 17.5 Å². The number of nitrogens with one attached hydrogen (secondary N) is 1. The van der Waals surface area contributed by atoms with E-state index in [1.807, 2.05) is 23.1 Å². The number of hydrogen-bond acceptors (Lipinski definition) is 5. The van der Waals surface area contributed by atoms with Crippen LogP contribution in [0.3, 0.4) is 0 Å². The van der Waals surface area contributed by atoms with E-state index in [1.54, 1.807) is 32.4 Å². The molecule has 1 fully saturated rings. The van der Waals surface area contributed by atoms with Crippen molar-refractivity contribution < 1.29 is 19.1 Å². The maximum absolute atomic E-state index is 12.9. The number of nitrogens with zero attached hydrogens (tertiary/aromatic N) is 2. The fraction of sp³-hybridized carbons (Fsp3) is 0.364. The Morgan fingerprint density at radius 2 is 1.72 bits per heavy atom. The van der Waals surface area contributed by atoms with Crippen LogP contribution in [-0.4, -0.2) is 68.1 Å². The number of anilines is 1. The van der Waals surface area contributed by atoms with Crippen molar-refractivity contribution in [3.63, 3.8) is 0 Å². The highest BCUT2D eigenvalue weighted by atomic mass is 16.5. The van der Waals surface area contributed by atoms with Crippen molar-refractivity contribution in [2.24, 2.45) is 0 Å². The molecule has 2 aliphatic heterocycles. The zero-order valence-corrected chi connectivity index (χ0v) is 16.7. The monoisotopic (exact) mass is 395 g/mol. The van der Waals surface area contributed by atoms with Crippen LogP contribution in [0.5, 0.6) is 11.5 Å². The maximum Gasteiger partial charge on any atom is 0.254 e. The molecule has 7 nitrogen and oxygen atoms in total. The molecule has 0 aliphatic carbocycles. The molecule has 2 aromatic carbocycles. The summed E-state index contributed by atoms with van der Waals surface area (Å²) in [6.07, 6.45) is 0.700. The first kappa shape index (κ1) is 19.3. The summed E-state index contributed by atoms with van der Waals surface area (Å²) in [4.78, 5) is 29.5. The lowest BCUT2D eigenvalue weighted by Gasteiger charge is -2.40. The standard InChI is InChI=1S/C22H25N3O4/c1-28-19-8-7-16(14-20(19)29-2)22(27)25-11-9-24(10-12-25)18-13-15-5-3-4-6-17(15)23-21(18)26/h3-8,14,18H,9-13H2,1-2H3,(H,23,26). The second kappa shape index (κ2) is 8.13. The summed E-state index contributed by atoms with van der Waals surface area (Å²) in [6.45, 7) is 2.50. The van der Waals surface area contributed by atoms with Crippen molar-refractivity contribution in [2.75, 3.05) is 45.7 Å². The zero-order chi connectivity index (χ0) is 20.4. The van der Waals surface area contributed by atoms with Crippen LogP contribution in [0.15, 0.2) is 42.5 Å². The summed E-state index contributed by atoms with van der Waals surface area (Å²) in [5, 5.41) is 3.00. The fourth-order valence-electron chi connectivity index (χ4n) is 4.02. The van der Waals surface area contributed by atoms with Crippen molar-refractivity contribution in [2.45, 2.75) is 12.5 Å². The van der Waals surface area contributed by atoms with Gasteiger partial charge in [-0.1, -0.05) is 18.2 Å². The highest BCUT2D eigenvalue weighted by Gasteiger charge is 2.34. The summed E-state index contributed by atoms with van der Waals surface area (Å²) >= 11 is 0. The average Bonchev–Trinajstić information content (AvgIpc) is 2.77. The van der Waals surface area contributed by atoms with Crippen LogP contribution in [0.25, 0.3) is 0 Å². The summed E-state index contributed by atoms with van der Waals surface area (Å²) in [7, 11) is 3.12. The number of fused-ring (bicyclic) bond motifs is 1. The molecule has 1 saturated heterocycles. The lowest BCUT2D eigenvalue weighted by atomic mass is 9.97.